The van der Waals surface area contributed by atoms with Crippen LogP contribution in [0.25, 0.3) is 0 Å². The summed E-state index contributed by atoms with van der Waals surface area (Å²) in [5.41, 5.74) is 3.54. The molecular weight excluding hydrogens is 298 g/mol. The van der Waals surface area contributed by atoms with Gasteiger partial charge in [0.15, 0.2) is 0 Å². The molecule has 24 heavy (non-hydrogen) atoms. The molecule has 2 amide bonds. The van der Waals surface area contributed by atoms with Gasteiger partial charge in [0.1, 0.15) is 0 Å². The van der Waals surface area contributed by atoms with Crippen LogP contribution in [0.2, 0.25) is 0 Å². The predicted molar refractivity (Wildman–Crippen MR) is 90.3 cm³/mol. The number of fused-ring (bicyclic) bond motifs is 1. The van der Waals surface area contributed by atoms with Crippen LogP contribution in [0.4, 0.5) is 5.69 Å². The molecule has 3 heteroatoms. The van der Waals surface area contributed by atoms with Gasteiger partial charge in [-0.2, -0.15) is 0 Å². The van der Waals surface area contributed by atoms with Gasteiger partial charge in [-0.15, -0.1) is 0 Å². The third-order valence-corrected chi connectivity index (χ3v) is 7.25. The first-order valence-electron chi connectivity index (χ1n) is 9.42. The van der Waals surface area contributed by atoms with Crippen molar-refractivity contribution in [3.8, 4) is 0 Å². The number of hydrogen-bond acceptors (Lipinski definition) is 2. The molecule has 6 aliphatic rings. The van der Waals surface area contributed by atoms with Gasteiger partial charge in [-0.1, -0.05) is 18.2 Å². The number of amides is 2. The number of benzene rings is 1. The quantitative estimate of drug-likeness (QED) is 0.589. The molecule has 1 aromatic rings. The van der Waals surface area contributed by atoms with Crippen LogP contribution in [-0.4, -0.2) is 11.8 Å². The largest absolute Gasteiger partial charge is 0.274 e. The van der Waals surface area contributed by atoms with Crippen molar-refractivity contribution in [2.45, 2.75) is 32.1 Å². The average Bonchev–Trinajstić information content (AvgIpc) is 3.39. The first-order valence-corrected chi connectivity index (χ1v) is 9.42. The molecule has 1 aromatic carbocycles. The summed E-state index contributed by atoms with van der Waals surface area (Å²) in [7, 11) is 0. The Morgan fingerprint density at radius 1 is 0.833 bits per heavy atom. The van der Waals surface area contributed by atoms with Gasteiger partial charge in [0.05, 0.1) is 17.5 Å². The molecule has 3 fully saturated rings. The number of anilines is 1. The maximum atomic E-state index is 13.1. The van der Waals surface area contributed by atoms with E-state index in [0.717, 1.165) is 18.5 Å². The number of aryl methyl sites for hydroxylation is 2. The van der Waals surface area contributed by atoms with Crippen molar-refractivity contribution >= 4 is 17.5 Å². The molecule has 2 bridgehead atoms. The standard InChI is InChI=1S/C21H21NO2/c23-20-18-14-7-8-15(17-10-16(14)17)19(18)21(24)22(20)13-6-5-11-3-1-2-4-12(11)9-13/h5-9,14-19H,1-4,10H2/t14-,15-,16-,17-,18-,19+/m1/s1. The highest BCUT2D eigenvalue weighted by Crippen LogP contribution is 2.65. The molecule has 0 aromatic heterocycles. The normalized spacial score (nSPS) is 41.2. The van der Waals surface area contributed by atoms with Gasteiger partial charge in [0.2, 0.25) is 11.8 Å². The van der Waals surface area contributed by atoms with Gasteiger partial charge in [0.25, 0.3) is 0 Å². The van der Waals surface area contributed by atoms with Gasteiger partial charge < -0.3 is 0 Å². The van der Waals surface area contributed by atoms with E-state index in [-0.39, 0.29) is 23.7 Å². The van der Waals surface area contributed by atoms with E-state index in [4.69, 9.17) is 0 Å². The minimum Gasteiger partial charge on any atom is -0.274 e. The van der Waals surface area contributed by atoms with Gasteiger partial charge >= 0.3 is 0 Å². The Labute approximate surface area is 141 Å². The Bertz CT molecular complexity index is 774. The molecule has 3 nitrogen and oxygen atoms in total. The van der Waals surface area contributed by atoms with Crippen LogP contribution in [0.3, 0.4) is 0 Å². The molecule has 0 N–H and O–H groups in total. The Balaban J connectivity index is 1.41. The minimum atomic E-state index is -0.0905. The van der Waals surface area contributed by atoms with Crippen LogP contribution in [0, 0.1) is 35.5 Å². The number of nitrogens with zero attached hydrogens (tertiary/aromatic N) is 1. The van der Waals surface area contributed by atoms with E-state index in [2.05, 4.69) is 24.3 Å². The van der Waals surface area contributed by atoms with Crippen molar-refractivity contribution in [2.24, 2.45) is 35.5 Å². The molecular formula is C21H21NO2. The van der Waals surface area contributed by atoms with E-state index in [1.807, 2.05) is 6.07 Å². The number of allylic oxidation sites excluding steroid dienone is 2. The molecule has 1 heterocycles. The molecule has 1 aliphatic heterocycles. The zero-order valence-electron chi connectivity index (χ0n) is 13.7. The van der Waals surface area contributed by atoms with Crippen molar-refractivity contribution in [3.63, 3.8) is 0 Å². The van der Waals surface area contributed by atoms with Crippen LogP contribution in [0.15, 0.2) is 30.4 Å². The number of rotatable bonds is 1. The second-order valence-corrected chi connectivity index (χ2v) is 8.33. The summed E-state index contributed by atoms with van der Waals surface area (Å²) >= 11 is 0. The lowest BCUT2D eigenvalue weighted by atomic mass is 9.63. The van der Waals surface area contributed by atoms with Gasteiger partial charge in [-0.05, 0) is 79.0 Å². The average molecular weight is 319 g/mol. The fourth-order valence-electron chi connectivity index (χ4n) is 6.07. The van der Waals surface area contributed by atoms with Gasteiger partial charge in [0, 0.05) is 0 Å². The van der Waals surface area contributed by atoms with Crippen molar-refractivity contribution in [1.29, 1.82) is 0 Å². The highest BCUT2D eigenvalue weighted by atomic mass is 16.2. The van der Waals surface area contributed by atoms with Crippen molar-refractivity contribution in [2.75, 3.05) is 4.90 Å². The number of imide groups is 1. The molecule has 6 atom stereocenters. The Morgan fingerprint density at radius 2 is 1.46 bits per heavy atom. The smallest absolute Gasteiger partial charge is 0.238 e. The van der Waals surface area contributed by atoms with Crippen LogP contribution in [-0.2, 0) is 22.4 Å². The summed E-state index contributed by atoms with van der Waals surface area (Å²) in [6.45, 7) is 0. The lowest BCUT2D eigenvalue weighted by Crippen LogP contribution is -2.40. The lowest BCUT2D eigenvalue weighted by molar-refractivity contribution is -0.124. The van der Waals surface area contributed by atoms with E-state index in [1.165, 1.54) is 35.3 Å². The summed E-state index contributed by atoms with van der Waals surface area (Å²) in [4.78, 5) is 27.8. The molecule has 1 saturated heterocycles. The zero-order valence-corrected chi connectivity index (χ0v) is 13.7. The van der Waals surface area contributed by atoms with Crippen molar-refractivity contribution in [1.82, 2.24) is 0 Å². The second kappa shape index (κ2) is 4.38. The number of hydrogen-bond donors (Lipinski definition) is 0. The molecule has 122 valence electrons. The second-order valence-electron chi connectivity index (χ2n) is 8.33. The fraction of sp³-hybridized carbons (Fsp3) is 0.524. The van der Waals surface area contributed by atoms with E-state index in [0.29, 0.717) is 23.7 Å². The molecule has 2 saturated carbocycles. The third-order valence-electron chi connectivity index (χ3n) is 7.25. The summed E-state index contributed by atoms with van der Waals surface area (Å²) in [6.07, 6.45) is 10.3. The van der Waals surface area contributed by atoms with Gasteiger partial charge in [-0.25, -0.2) is 0 Å². The van der Waals surface area contributed by atoms with Crippen molar-refractivity contribution in [3.05, 3.63) is 41.5 Å². The zero-order chi connectivity index (χ0) is 16.0. The van der Waals surface area contributed by atoms with Gasteiger partial charge in [-0.3, -0.25) is 14.5 Å². The lowest BCUT2D eigenvalue weighted by Gasteiger charge is -2.37. The van der Waals surface area contributed by atoms with E-state index >= 15 is 0 Å². The van der Waals surface area contributed by atoms with E-state index in [1.54, 1.807) is 0 Å². The highest BCUT2D eigenvalue weighted by Gasteiger charge is 2.67. The van der Waals surface area contributed by atoms with Crippen LogP contribution in [0.5, 0.6) is 0 Å². The summed E-state index contributed by atoms with van der Waals surface area (Å²) < 4.78 is 0. The first kappa shape index (κ1) is 13.4. The Morgan fingerprint density at radius 3 is 2.12 bits per heavy atom. The maximum absolute atomic E-state index is 13.1. The summed E-state index contributed by atoms with van der Waals surface area (Å²) in [5.74, 6) is 1.90. The SMILES string of the molecule is O=C1[C@@H]2[C@@H]3C=C[C@H]([C@H]4C[C@H]34)[C@@H]2C(=O)N1c1ccc2c(c1)CCCC2. The Hall–Kier alpha value is -1.90. The fourth-order valence-corrected chi connectivity index (χ4v) is 6.07. The van der Waals surface area contributed by atoms with E-state index in [9.17, 15) is 9.59 Å². The first-order chi connectivity index (χ1) is 11.7. The highest BCUT2D eigenvalue weighted by molar-refractivity contribution is 6.22. The van der Waals surface area contributed by atoms with Crippen LogP contribution in [0.1, 0.15) is 30.4 Å². The predicted octanol–water partition coefficient (Wildman–Crippen LogP) is 3.12. The topological polar surface area (TPSA) is 37.4 Å². The summed E-state index contributed by atoms with van der Waals surface area (Å²) in [5, 5.41) is 0. The van der Waals surface area contributed by atoms with Crippen molar-refractivity contribution < 1.29 is 9.59 Å². The molecule has 0 spiro atoms. The minimum absolute atomic E-state index is 0.0606. The number of carbonyl (C=O) groups is 2. The molecule has 7 rings (SSSR count). The number of carbonyl (C=O) groups excluding carboxylic acids is 2. The van der Waals surface area contributed by atoms with Crippen LogP contribution >= 0.6 is 0 Å². The third kappa shape index (κ3) is 1.54. The monoisotopic (exact) mass is 319 g/mol. The van der Waals surface area contributed by atoms with Crippen LogP contribution < -0.4 is 4.90 Å². The molecule has 0 radical (unpaired) electrons. The molecule has 0 unspecified atom stereocenters. The summed E-state index contributed by atoms with van der Waals surface area (Å²) in [6, 6.07) is 6.24. The maximum Gasteiger partial charge on any atom is 0.238 e. The van der Waals surface area contributed by atoms with E-state index < -0.39 is 0 Å². The molecule has 5 aliphatic carbocycles. The Kier molecular flexibility index (Phi) is 2.45.